The van der Waals surface area contributed by atoms with Gasteiger partial charge in [0.05, 0.1) is 23.6 Å². The first kappa shape index (κ1) is 19.2. The maximum absolute atomic E-state index is 12.5. The van der Waals surface area contributed by atoms with Crippen molar-refractivity contribution in [1.29, 1.82) is 5.26 Å². The molecule has 0 aliphatic carbocycles. The first-order valence-electron chi connectivity index (χ1n) is 9.95. The summed E-state index contributed by atoms with van der Waals surface area (Å²) >= 11 is 0. The van der Waals surface area contributed by atoms with Crippen molar-refractivity contribution in [3.8, 4) is 6.07 Å². The van der Waals surface area contributed by atoms with Crippen molar-refractivity contribution in [3.63, 3.8) is 0 Å². The summed E-state index contributed by atoms with van der Waals surface area (Å²) in [7, 11) is 0. The number of benzene rings is 2. The van der Waals surface area contributed by atoms with Gasteiger partial charge in [-0.3, -0.25) is 14.5 Å². The first-order chi connectivity index (χ1) is 14.1. The molecule has 29 heavy (non-hydrogen) atoms. The Hall–Kier alpha value is -3.17. The van der Waals surface area contributed by atoms with E-state index in [1.54, 1.807) is 0 Å². The Morgan fingerprint density at radius 3 is 2.45 bits per heavy atom. The number of rotatable bonds is 6. The van der Waals surface area contributed by atoms with Crippen LogP contribution in [0, 0.1) is 17.2 Å². The lowest BCUT2D eigenvalue weighted by molar-refractivity contribution is -0.133. The molecule has 2 heterocycles. The van der Waals surface area contributed by atoms with Gasteiger partial charge >= 0.3 is 0 Å². The molecule has 2 aliphatic heterocycles. The number of nitriles is 1. The van der Waals surface area contributed by atoms with E-state index in [1.807, 2.05) is 59.5 Å². The third kappa shape index (κ3) is 4.47. The Labute approximate surface area is 170 Å². The maximum atomic E-state index is 12.5. The standard InChI is InChI=1S/C23H24N4O2/c24-11-17-6-8-19(9-7-17)13-26-15-21(16-26)27-14-20(10-22(27)28)23(29)25-12-18-4-2-1-3-5-18/h1-9,20-21H,10,12-16H2,(H,25,29). The zero-order valence-corrected chi connectivity index (χ0v) is 16.3. The second-order valence-corrected chi connectivity index (χ2v) is 7.81. The number of carbonyl (C=O) groups excluding carboxylic acids is 2. The van der Waals surface area contributed by atoms with Crippen LogP contribution >= 0.6 is 0 Å². The quantitative estimate of drug-likeness (QED) is 0.820. The molecular formula is C23H24N4O2. The van der Waals surface area contributed by atoms with E-state index < -0.39 is 0 Å². The smallest absolute Gasteiger partial charge is 0.225 e. The monoisotopic (exact) mass is 388 g/mol. The highest BCUT2D eigenvalue weighted by molar-refractivity contribution is 5.89. The lowest BCUT2D eigenvalue weighted by atomic mass is 10.0. The Bertz CT molecular complexity index is 914. The molecule has 0 saturated carbocycles. The fraction of sp³-hybridized carbons (Fsp3) is 0.348. The fourth-order valence-electron chi connectivity index (χ4n) is 4.00. The maximum Gasteiger partial charge on any atom is 0.225 e. The molecule has 1 unspecified atom stereocenters. The van der Waals surface area contributed by atoms with Crippen molar-refractivity contribution < 1.29 is 9.59 Å². The lowest BCUT2D eigenvalue weighted by Crippen LogP contribution is -2.59. The van der Waals surface area contributed by atoms with Gasteiger partial charge in [0.1, 0.15) is 0 Å². The van der Waals surface area contributed by atoms with E-state index in [1.165, 1.54) is 0 Å². The normalized spacial score (nSPS) is 19.6. The van der Waals surface area contributed by atoms with Gasteiger partial charge in [-0.2, -0.15) is 5.26 Å². The van der Waals surface area contributed by atoms with Crippen LogP contribution in [0.1, 0.15) is 23.1 Å². The summed E-state index contributed by atoms with van der Waals surface area (Å²) < 4.78 is 0. The van der Waals surface area contributed by atoms with Gasteiger partial charge in [-0.05, 0) is 23.3 Å². The summed E-state index contributed by atoms with van der Waals surface area (Å²) in [6, 6.07) is 19.7. The van der Waals surface area contributed by atoms with Crippen molar-refractivity contribution >= 4 is 11.8 Å². The topological polar surface area (TPSA) is 76.4 Å². The zero-order valence-electron chi connectivity index (χ0n) is 16.3. The van der Waals surface area contributed by atoms with Crippen LogP contribution in [0.5, 0.6) is 0 Å². The van der Waals surface area contributed by atoms with Crippen LogP contribution in [0.3, 0.4) is 0 Å². The molecule has 148 valence electrons. The number of amides is 2. The molecule has 2 saturated heterocycles. The van der Waals surface area contributed by atoms with E-state index in [2.05, 4.69) is 16.3 Å². The van der Waals surface area contributed by atoms with Crippen molar-refractivity contribution in [2.24, 2.45) is 5.92 Å². The predicted octanol–water partition coefficient (Wildman–Crippen LogP) is 1.91. The van der Waals surface area contributed by atoms with Gasteiger partial charge in [0.2, 0.25) is 11.8 Å². The van der Waals surface area contributed by atoms with E-state index in [9.17, 15) is 9.59 Å². The van der Waals surface area contributed by atoms with Crippen LogP contribution in [-0.4, -0.2) is 47.3 Å². The van der Waals surface area contributed by atoms with Crippen LogP contribution < -0.4 is 5.32 Å². The summed E-state index contributed by atoms with van der Waals surface area (Å²) in [4.78, 5) is 29.1. The number of hydrogen-bond donors (Lipinski definition) is 1. The molecule has 0 spiro atoms. The van der Waals surface area contributed by atoms with Crippen molar-refractivity contribution in [1.82, 2.24) is 15.1 Å². The molecule has 2 aliphatic rings. The van der Waals surface area contributed by atoms with Gasteiger partial charge < -0.3 is 10.2 Å². The van der Waals surface area contributed by atoms with Crippen LogP contribution in [0.25, 0.3) is 0 Å². The molecule has 6 nitrogen and oxygen atoms in total. The van der Waals surface area contributed by atoms with Crippen LogP contribution in [-0.2, 0) is 22.7 Å². The Balaban J connectivity index is 1.23. The highest BCUT2D eigenvalue weighted by Gasteiger charge is 2.41. The third-order valence-electron chi connectivity index (χ3n) is 5.71. The molecule has 0 aromatic heterocycles. The Morgan fingerprint density at radius 2 is 1.76 bits per heavy atom. The SMILES string of the molecule is N#Cc1ccc(CN2CC(N3CC(C(=O)NCc4ccccc4)CC3=O)C2)cc1. The molecular weight excluding hydrogens is 364 g/mol. The summed E-state index contributed by atoms with van der Waals surface area (Å²) in [5.74, 6) is -0.231. The van der Waals surface area contributed by atoms with Gasteiger partial charge in [-0.25, -0.2) is 0 Å². The molecule has 1 N–H and O–H groups in total. The van der Waals surface area contributed by atoms with E-state index >= 15 is 0 Å². The molecule has 4 rings (SSSR count). The van der Waals surface area contributed by atoms with Crippen molar-refractivity contribution in [3.05, 3.63) is 71.3 Å². The first-order valence-corrected chi connectivity index (χ1v) is 9.95. The van der Waals surface area contributed by atoms with E-state index in [0.29, 0.717) is 25.1 Å². The summed E-state index contributed by atoms with van der Waals surface area (Å²) in [5.41, 5.74) is 2.88. The Kier molecular flexibility index (Phi) is 5.59. The van der Waals surface area contributed by atoms with E-state index in [-0.39, 0.29) is 23.8 Å². The fourth-order valence-corrected chi connectivity index (χ4v) is 4.00. The number of hydrogen-bond acceptors (Lipinski definition) is 4. The molecule has 2 aromatic rings. The highest BCUT2D eigenvalue weighted by atomic mass is 16.2. The van der Waals surface area contributed by atoms with Gasteiger partial charge in [0, 0.05) is 39.1 Å². The minimum Gasteiger partial charge on any atom is -0.352 e. The molecule has 1 atom stereocenters. The molecule has 6 heteroatoms. The van der Waals surface area contributed by atoms with E-state index in [4.69, 9.17) is 5.26 Å². The largest absolute Gasteiger partial charge is 0.352 e. The molecule has 2 fully saturated rings. The molecule has 0 bridgehead atoms. The third-order valence-corrected chi connectivity index (χ3v) is 5.71. The average molecular weight is 388 g/mol. The summed E-state index contributed by atoms with van der Waals surface area (Å²) in [6.07, 6.45) is 0.298. The summed E-state index contributed by atoms with van der Waals surface area (Å²) in [6.45, 7) is 3.46. The van der Waals surface area contributed by atoms with Crippen molar-refractivity contribution in [2.75, 3.05) is 19.6 Å². The van der Waals surface area contributed by atoms with Crippen LogP contribution in [0.4, 0.5) is 0 Å². The minimum absolute atomic E-state index is 0.0431. The minimum atomic E-state index is -0.265. The molecule has 0 radical (unpaired) electrons. The van der Waals surface area contributed by atoms with E-state index in [0.717, 1.165) is 30.8 Å². The molecule has 2 amide bonds. The lowest BCUT2D eigenvalue weighted by Gasteiger charge is -2.44. The van der Waals surface area contributed by atoms with Gasteiger partial charge in [0.25, 0.3) is 0 Å². The van der Waals surface area contributed by atoms with Crippen molar-refractivity contribution in [2.45, 2.75) is 25.6 Å². The average Bonchev–Trinajstić information content (AvgIpc) is 3.11. The number of nitrogens with zero attached hydrogens (tertiary/aromatic N) is 3. The predicted molar refractivity (Wildman–Crippen MR) is 108 cm³/mol. The number of carbonyl (C=O) groups is 2. The second-order valence-electron chi connectivity index (χ2n) is 7.81. The number of likely N-dealkylation sites (tertiary alicyclic amines) is 2. The van der Waals surface area contributed by atoms with Gasteiger partial charge in [0.15, 0.2) is 0 Å². The van der Waals surface area contributed by atoms with Crippen LogP contribution in [0.15, 0.2) is 54.6 Å². The summed E-state index contributed by atoms with van der Waals surface area (Å²) in [5, 5.41) is 11.8. The highest BCUT2D eigenvalue weighted by Crippen LogP contribution is 2.26. The number of nitrogens with one attached hydrogen (secondary N) is 1. The zero-order chi connectivity index (χ0) is 20.2. The molecule has 2 aromatic carbocycles. The second kappa shape index (κ2) is 8.46. The van der Waals surface area contributed by atoms with Crippen LogP contribution in [0.2, 0.25) is 0 Å². The van der Waals surface area contributed by atoms with Gasteiger partial charge in [-0.1, -0.05) is 42.5 Å². The Morgan fingerprint density at radius 1 is 1.03 bits per heavy atom. The van der Waals surface area contributed by atoms with Gasteiger partial charge in [-0.15, -0.1) is 0 Å².